The van der Waals surface area contributed by atoms with Crippen molar-refractivity contribution in [1.82, 2.24) is 4.90 Å². The number of carbonyl (C=O) groups is 1. The predicted molar refractivity (Wildman–Crippen MR) is 68.2 cm³/mol. The Morgan fingerprint density at radius 1 is 1.12 bits per heavy atom. The van der Waals surface area contributed by atoms with Crippen molar-refractivity contribution in [2.75, 3.05) is 6.54 Å². The van der Waals surface area contributed by atoms with Crippen LogP contribution in [-0.2, 0) is 4.79 Å². The lowest BCUT2D eigenvalue weighted by molar-refractivity contribution is -0.116. The van der Waals surface area contributed by atoms with Crippen molar-refractivity contribution in [2.45, 2.75) is 6.04 Å². The number of Topliss-reactive ketones (excluding diaryl/α,β-unsaturated/α-hetero) is 1. The molecule has 2 heteroatoms. The molecule has 0 saturated carbocycles. The van der Waals surface area contributed by atoms with E-state index >= 15 is 0 Å². The van der Waals surface area contributed by atoms with Crippen LogP contribution >= 0.6 is 0 Å². The minimum absolute atomic E-state index is 0.125. The Kier molecular flexibility index (Phi) is 2.41. The molecule has 84 valence electrons. The number of ketones is 1. The molecule has 1 aromatic carbocycles. The fraction of sp³-hybridized carbons (Fsp3) is 0.133. The van der Waals surface area contributed by atoms with Gasteiger partial charge in [-0.1, -0.05) is 48.6 Å². The van der Waals surface area contributed by atoms with Crippen molar-refractivity contribution in [2.24, 2.45) is 0 Å². The lowest BCUT2D eigenvalue weighted by Crippen LogP contribution is -2.41. The number of rotatable bonds is 1. The first-order valence-corrected chi connectivity index (χ1v) is 5.77. The van der Waals surface area contributed by atoms with Crippen molar-refractivity contribution in [3.8, 4) is 0 Å². The highest BCUT2D eigenvalue weighted by Crippen LogP contribution is 2.25. The molecule has 0 aliphatic carbocycles. The lowest BCUT2D eigenvalue weighted by Gasteiger charge is -2.32. The number of allylic oxidation sites excluding steroid dienone is 2. The molecule has 2 nitrogen and oxygen atoms in total. The third-order valence-corrected chi connectivity index (χ3v) is 3.16. The van der Waals surface area contributed by atoms with Crippen molar-refractivity contribution in [3.63, 3.8) is 0 Å². The predicted octanol–water partition coefficient (Wildman–Crippen LogP) is 2.41. The Labute approximate surface area is 101 Å². The summed E-state index contributed by atoms with van der Waals surface area (Å²) in [5, 5.41) is 0. The van der Waals surface area contributed by atoms with E-state index in [1.165, 1.54) is 0 Å². The van der Waals surface area contributed by atoms with E-state index in [4.69, 9.17) is 0 Å². The monoisotopic (exact) mass is 223 g/mol. The zero-order valence-corrected chi connectivity index (χ0v) is 9.41. The van der Waals surface area contributed by atoms with Gasteiger partial charge >= 0.3 is 0 Å². The van der Waals surface area contributed by atoms with E-state index in [2.05, 4.69) is 4.90 Å². The molecule has 1 unspecified atom stereocenters. The standard InChI is InChI=1S/C15H13NO/c17-15-13(12-6-2-1-3-7-12)9-11-16-10-5-4-8-14(15)16/h1-10,14H,11H2. The normalized spacial score (nSPS) is 22.4. The average Bonchev–Trinajstić information content (AvgIpc) is 2.40. The van der Waals surface area contributed by atoms with E-state index in [9.17, 15) is 4.79 Å². The van der Waals surface area contributed by atoms with Gasteiger partial charge in [-0.3, -0.25) is 4.79 Å². The minimum Gasteiger partial charge on any atom is -0.360 e. The maximum absolute atomic E-state index is 12.4. The summed E-state index contributed by atoms with van der Waals surface area (Å²) in [5.74, 6) is 0.183. The van der Waals surface area contributed by atoms with E-state index < -0.39 is 0 Å². The topological polar surface area (TPSA) is 20.3 Å². The van der Waals surface area contributed by atoms with Crippen LogP contribution in [0.25, 0.3) is 5.57 Å². The maximum atomic E-state index is 12.4. The molecule has 0 spiro atoms. The Hall–Kier alpha value is -2.09. The third kappa shape index (κ3) is 1.72. The summed E-state index contributed by atoms with van der Waals surface area (Å²) in [6.45, 7) is 0.793. The van der Waals surface area contributed by atoms with Crippen LogP contribution in [0.2, 0.25) is 0 Å². The van der Waals surface area contributed by atoms with Crippen LogP contribution in [0.1, 0.15) is 5.56 Å². The van der Waals surface area contributed by atoms with Gasteiger partial charge in [0, 0.05) is 18.3 Å². The van der Waals surface area contributed by atoms with Gasteiger partial charge in [-0.05, 0) is 11.6 Å². The Morgan fingerprint density at radius 2 is 1.94 bits per heavy atom. The molecular weight excluding hydrogens is 210 g/mol. The maximum Gasteiger partial charge on any atom is 0.189 e. The lowest BCUT2D eigenvalue weighted by atomic mass is 9.92. The van der Waals surface area contributed by atoms with E-state index in [0.29, 0.717) is 0 Å². The first-order chi connectivity index (χ1) is 8.36. The van der Waals surface area contributed by atoms with Gasteiger partial charge < -0.3 is 4.90 Å². The van der Waals surface area contributed by atoms with Gasteiger partial charge in [0.25, 0.3) is 0 Å². The second-order valence-corrected chi connectivity index (χ2v) is 4.22. The smallest absolute Gasteiger partial charge is 0.189 e. The van der Waals surface area contributed by atoms with Crippen LogP contribution in [0, 0.1) is 0 Å². The number of carbonyl (C=O) groups excluding carboxylic acids is 1. The third-order valence-electron chi connectivity index (χ3n) is 3.16. The number of hydrogen-bond donors (Lipinski definition) is 0. The quantitative estimate of drug-likeness (QED) is 0.728. The van der Waals surface area contributed by atoms with Gasteiger partial charge in [0.2, 0.25) is 0 Å². The van der Waals surface area contributed by atoms with Crippen molar-refractivity contribution in [1.29, 1.82) is 0 Å². The SMILES string of the molecule is O=C1C(c2ccccc2)=CCN2C=CC=CC12. The molecule has 0 radical (unpaired) electrons. The molecule has 2 aliphatic rings. The highest BCUT2D eigenvalue weighted by Gasteiger charge is 2.29. The zero-order valence-electron chi connectivity index (χ0n) is 9.41. The van der Waals surface area contributed by atoms with Gasteiger partial charge in [0.05, 0.1) is 0 Å². The molecule has 0 N–H and O–H groups in total. The molecule has 0 amide bonds. The Morgan fingerprint density at radius 3 is 2.76 bits per heavy atom. The van der Waals surface area contributed by atoms with Gasteiger partial charge in [-0.15, -0.1) is 0 Å². The van der Waals surface area contributed by atoms with E-state index in [0.717, 1.165) is 17.7 Å². The van der Waals surface area contributed by atoms with Gasteiger partial charge in [-0.2, -0.15) is 0 Å². The summed E-state index contributed by atoms with van der Waals surface area (Å²) in [7, 11) is 0. The second kappa shape index (κ2) is 4.06. The van der Waals surface area contributed by atoms with E-state index in [-0.39, 0.29) is 11.8 Å². The highest BCUT2D eigenvalue weighted by atomic mass is 16.1. The fourth-order valence-corrected chi connectivity index (χ4v) is 2.28. The molecule has 2 aliphatic heterocycles. The number of hydrogen-bond acceptors (Lipinski definition) is 2. The molecule has 17 heavy (non-hydrogen) atoms. The summed E-state index contributed by atoms with van der Waals surface area (Å²) in [4.78, 5) is 14.4. The van der Waals surface area contributed by atoms with E-state index in [1.54, 1.807) is 0 Å². The Balaban J connectivity index is 1.98. The molecule has 2 heterocycles. The summed E-state index contributed by atoms with van der Waals surface area (Å²) >= 11 is 0. The minimum atomic E-state index is -0.125. The van der Waals surface area contributed by atoms with Gasteiger partial charge in [0.1, 0.15) is 6.04 Å². The summed E-state index contributed by atoms with van der Waals surface area (Å²) < 4.78 is 0. The van der Waals surface area contributed by atoms with Crippen LogP contribution in [0.15, 0.2) is 60.8 Å². The van der Waals surface area contributed by atoms with Crippen LogP contribution in [0.4, 0.5) is 0 Å². The van der Waals surface area contributed by atoms with Crippen LogP contribution < -0.4 is 0 Å². The van der Waals surface area contributed by atoms with Crippen LogP contribution in [-0.4, -0.2) is 23.3 Å². The van der Waals surface area contributed by atoms with Crippen molar-refractivity contribution >= 4 is 11.4 Å². The molecule has 0 saturated heterocycles. The molecule has 0 bridgehead atoms. The Bertz CT molecular complexity index is 525. The molecule has 3 rings (SSSR count). The summed E-state index contributed by atoms with van der Waals surface area (Å²) in [6, 6.07) is 9.75. The second-order valence-electron chi connectivity index (χ2n) is 4.22. The first-order valence-electron chi connectivity index (χ1n) is 5.77. The number of benzene rings is 1. The van der Waals surface area contributed by atoms with Crippen molar-refractivity contribution in [3.05, 3.63) is 66.4 Å². The fourth-order valence-electron chi connectivity index (χ4n) is 2.28. The molecule has 1 atom stereocenters. The van der Waals surface area contributed by atoms with Crippen molar-refractivity contribution < 1.29 is 4.79 Å². The first kappa shape index (κ1) is 10.1. The van der Waals surface area contributed by atoms with Gasteiger partial charge in [0.15, 0.2) is 5.78 Å². The summed E-state index contributed by atoms with van der Waals surface area (Å²) in [5.41, 5.74) is 1.85. The molecule has 1 aromatic rings. The molecule has 0 aromatic heterocycles. The number of fused-ring (bicyclic) bond motifs is 1. The van der Waals surface area contributed by atoms with E-state index in [1.807, 2.05) is 60.8 Å². The van der Waals surface area contributed by atoms with Crippen LogP contribution in [0.5, 0.6) is 0 Å². The summed E-state index contributed by atoms with van der Waals surface area (Å²) in [6.07, 6.45) is 9.84. The number of nitrogens with zero attached hydrogens (tertiary/aromatic N) is 1. The van der Waals surface area contributed by atoms with Gasteiger partial charge in [-0.25, -0.2) is 0 Å². The van der Waals surface area contributed by atoms with Crippen LogP contribution in [0.3, 0.4) is 0 Å². The largest absolute Gasteiger partial charge is 0.360 e. The molecule has 0 fully saturated rings. The molecular formula is C15H13NO. The average molecular weight is 223 g/mol. The zero-order chi connectivity index (χ0) is 11.7. The highest BCUT2D eigenvalue weighted by molar-refractivity contribution is 6.24.